The number of carbonyl (C=O) groups excluding carboxylic acids is 1. The van der Waals surface area contributed by atoms with Crippen LogP contribution in [0.3, 0.4) is 0 Å². The number of aromatic nitrogens is 4. The molecule has 2 aromatic rings. The molecule has 20 heavy (non-hydrogen) atoms. The van der Waals surface area contributed by atoms with Crippen molar-refractivity contribution in [2.45, 2.75) is 13.8 Å². The molecule has 0 fully saturated rings. The van der Waals surface area contributed by atoms with Crippen molar-refractivity contribution in [3.05, 3.63) is 36.2 Å². The van der Waals surface area contributed by atoms with Crippen molar-refractivity contribution in [3.8, 4) is 5.69 Å². The van der Waals surface area contributed by atoms with Crippen molar-refractivity contribution in [3.63, 3.8) is 0 Å². The maximum absolute atomic E-state index is 11.2. The SMILES string of the molecule is CCOC(=O)N/N=C(/C)c1nnnn1-c1ccccc1. The predicted octanol–water partition coefficient (Wildman–Crippen LogP) is 1.13. The minimum atomic E-state index is -0.620. The first-order valence-corrected chi connectivity index (χ1v) is 6.03. The second kappa shape index (κ2) is 6.41. The number of nitrogens with one attached hydrogen (secondary N) is 1. The number of nitrogens with zero attached hydrogens (tertiary/aromatic N) is 5. The van der Waals surface area contributed by atoms with E-state index in [2.05, 4.69) is 26.1 Å². The summed E-state index contributed by atoms with van der Waals surface area (Å²) in [6.45, 7) is 3.69. The number of ether oxygens (including phenoxy) is 1. The van der Waals surface area contributed by atoms with Gasteiger partial charge in [-0.25, -0.2) is 10.2 Å². The number of hydrogen-bond donors (Lipinski definition) is 1. The number of carbonyl (C=O) groups is 1. The number of benzene rings is 1. The van der Waals surface area contributed by atoms with Crippen LogP contribution >= 0.6 is 0 Å². The van der Waals surface area contributed by atoms with Crippen molar-refractivity contribution < 1.29 is 9.53 Å². The molecule has 1 aromatic heterocycles. The Kier molecular flexibility index (Phi) is 4.38. The molecule has 0 spiro atoms. The van der Waals surface area contributed by atoms with Gasteiger partial charge in [-0.3, -0.25) is 0 Å². The zero-order valence-electron chi connectivity index (χ0n) is 11.1. The van der Waals surface area contributed by atoms with Crippen LogP contribution in [0.5, 0.6) is 0 Å². The zero-order valence-corrected chi connectivity index (χ0v) is 11.1. The second-order valence-corrected chi connectivity index (χ2v) is 3.78. The Morgan fingerprint density at radius 1 is 1.40 bits per heavy atom. The standard InChI is InChI=1S/C12H14N6O2/c1-3-20-12(19)15-13-9(2)11-14-16-17-18(11)10-7-5-4-6-8-10/h4-8H,3H2,1-2H3,(H,15,19)/b13-9-. The van der Waals surface area contributed by atoms with Crippen LogP contribution in [0, 0.1) is 0 Å². The van der Waals surface area contributed by atoms with E-state index in [1.54, 1.807) is 13.8 Å². The summed E-state index contributed by atoms with van der Waals surface area (Å²) in [6.07, 6.45) is -0.620. The third-order valence-electron chi connectivity index (χ3n) is 2.38. The molecular formula is C12H14N6O2. The van der Waals surface area contributed by atoms with Gasteiger partial charge in [0.2, 0.25) is 5.82 Å². The lowest BCUT2D eigenvalue weighted by Gasteiger charge is -2.04. The van der Waals surface area contributed by atoms with Gasteiger partial charge in [0.1, 0.15) is 5.71 Å². The molecule has 0 aliphatic rings. The van der Waals surface area contributed by atoms with Gasteiger partial charge in [-0.1, -0.05) is 18.2 Å². The molecule has 0 saturated carbocycles. The molecule has 8 nitrogen and oxygen atoms in total. The van der Waals surface area contributed by atoms with E-state index in [1.165, 1.54) is 4.68 Å². The molecule has 0 saturated heterocycles. The number of amides is 1. The lowest BCUT2D eigenvalue weighted by atomic mass is 10.3. The highest BCUT2D eigenvalue weighted by molar-refractivity contribution is 5.96. The van der Waals surface area contributed by atoms with E-state index in [-0.39, 0.29) is 6.61 Å². The van der Waals surface area contributed by atoms with E-state index in [1.807, 2.05) is 30.3 Å². The minimum Gasteiger partial charge on any atom is -0.449 e. The fourth-order valence-corrected chi connectivity index (χ4v) is 1.50. The van der Waals surface area contributed by atoms with Gasteiger partial charge in [0.15, 0.2) is 0 Å². The normalized spacial score (nSPS) is 11.2. The number of hydrogen-bond acceptors (Lipinski definition) is 6. The first-order chi connectivity index (χ1) is 9.72. The molecule has 1 heterocycles. The van der Waals surface area contributed by atoms with Crippen LogP contribution in [-0.2, 0) is 4.74 Å². The van der Waals surface area contributed by atoms with Gasteiger partial charge in [-0.15, -0.1) is 5.10 Å². The van der Waals surface area contributed by atoms with Crippen molar-refractivity contribution in [1.82, 2.24) is 25.6 Å². The van der Waals surface area contributed by atoms with Crippen LogP contribution in [0.25, 0.3) is 5.69 Å². The van der Waals surface area contributed by atoms with Crippen molar-refractivity contribution >= 4 is 11.8 Å². The molecule has 0 unspecified atom stereocenters. The molecule has 0 aliphatic heterocycles. The summed E-state index contributed by atoms with van der Waals surface area (Å²) >= 11 is 0. The summed E-state index contributed by atoms with van der Waals surface area (Å²) in [7, 11) is 0. The smallest absolute Gasteiger partial charge is 0.427 e. The van der Waals surface area contributed by atoms with Gasteiger partial charge in [0, 0.05) is 0 Å². The molecule has 0 bridgehead atoms. The maximum Gasteiger partial charge on any atom is 0.427 e. The third-order valence-corrected chi connectivity index (χ3v) is 2.38. The van der Waals surface area contributed by atoms with Crippen molar-refractivity contribution in [1.29, 1.82) is 0 Å². The van der Waals surface area contributed by atoms with Crippen LogP contribution < -0.4 is 5.43 Å². The average Bonchev–Trinajstić information content (AvgIpc) is 2.95. The molecule has 8 heteroatoms. The molecule has 1 aromatic carbocycles. The van der Waals surface area contributed by atoms with E-state index in [9.17, 15) is 4.79 Å². The Hall–Kier alpha value is -2.77. The van der Waals surface area contributed by atoms with E-state index in [0.29, 0.717) is 11.5 Å². The summed E-state index contributed by atoms with van der Waals surface area (Å²) in [5.41, 5.74) is 3.54. The molecular weight excluding hydrogens is 260 g/mol. The number of tetrazole rings is 1. The minimum absolute atomic E-state index is 0.280. The summed E-state index contributed by atoms with van der Waals surface area (Å²) in [6, 6.07) is 9.39. The van der Waals surface area contributed by atoms with Gasteiger partial charge in [-0.2, -0.15) is 9.78 Å². The Bertz CT molecular complexity index is 607. The highest BCUT2D eigenvalue weighted by Gasteiger charge is 2.11. The van der Waals surface area contributed by atoms with Gasteiger partial charge < -0.3 is 4.74 Å². The van der Waals surface area contributed by atoms with Crippen LogP contribution in [-0.4, -0.2) is 38.6 Å². The summed E-state index contributed by atoms with van der Waals surface area (Å²) in [5, 5.41) is 15.3. The topological polar surface area (TPSA) is 94.3 Å². The lowest BCUT2D eigenvalue weighted by molar-refractivity contribution is 0.152. The average molecular weight is 274 g/mol. The molecule has 0 aliphatic carbocycles. The van der Waals surface area contributed by atoms with Crippen LogP contribution in [0.2, 0.25) is 0 Å². The molecule has 1 N–H and O–H groups in total. The molecule has 0 atom stereocenters. The van der Waals surface area contributed by atoms with Crippen molar-refractivity contribution in [2.24, 2.45) is 5.10 Å². The van der Waals surface area contributed by atoms with E-state index in [4.69, 9.17) is 4.74 Å². The molecule has 1 amide bonds. The fourth-order valence-electron chi connectivity index (χ4n) is 1.50. The van der Waals surface area contributed by atoms with E-state index >= 15 is 0 Å². The Morgan fingerprint density at radius 2 is 2.15 bits per heavy atom. The highest BCUT2D eigenvalue weighted by atomic mass is 16.5. The van der Waals surface area contributed by atoms with Crippen LogP contribution in [0.15, 0.2) is 35.4 Å². The lowest BCUT2D eigenvalue weighted by Crippen LogP contribution is -2.21. The maximum atomic E-state index is 11.2. The zero-order chi connectivity index (χ0) is 14.4. The molecule has 104 valence electrons. The second-order valence-electron chi connectivity index (χ2n) is 3.78. The summed E-state index contributed by atoms with van der Waals surface area (Å²) in [4.78, 5) is 11.2. The van der Waals surface area contributed by atoms with Gasteiger partial charge in [0.25, 0.3) is 0 Å². The Labute approximate surface area is 115 Å². The Morgan fingerprint density at radius 3 is 2.85 bits per heavy atom. The molecule has 0 radical (unpaired) electrons. The number of hydrazone groups is 1. The number of rotatable bonds is 4. The van der Waals surface area contributed by atoms with Gasteiger partial charge in [0.05, 0.1) is 12.3 Å². The largest absolute Gasteiger partial charge is 0.449 e. The van der Waals surface area contributed by atoms with Crippen LogP contribution in [0.1, 0.15) is 19.7 Å². The quantitative estimate of drug-likeness (QED) is 0.666. The summed E-state index contributed by atoms with van der Waals surface area (Å²) in [5.74, 6) is 0.438. The molecule has 2 rings (SSSR count). The summed E-state index contributed by atoms with van der Waals surface area (Å²) < 4.78 is 6.24. The Balaban J connectivity index is 2.20. The van der Waals surface area contributed by atoms with E-state index in [0.717, 1.165) is 5.69 Å². The fraction of sp³-hybridized carbons (Fsp3) is 0.250. The highest BCUT2D eigenvalue weighted by Crippen LogP contribution is 2.07. The number of para-hydroxylation sites is 1. The van der Waals surface area contributed by atoms with Gasteiger partial charge in [-0.05, 0) is 36.4 Å². The predicted molar refractivity (Wildman–Crippen MR) is 71.5 cm³/mol. The first kappa shape index (κ1) is 13.7. The third kappa shape index (κ3) is 3.16. The van der Waals surface area contributed by atoms with Crippen molar-refractivity contribution in [2.75, 3.05) is 6.61 Å². The van der Waals surface area contributed by atoms with Crippen LogP contribution in [0.4, 0.5) is 4.79 Å². The first-order valence-electron chi connectivity index (χ1n) is 6.03. The van der Waals surface area contributed by atoms with E-state index < -0.39 is 6.09 Å². The van der Waals surface area contributed by atoms with Gasteiger partial charge >= 0.3 is 6.09 Å². The monoisotopic (exact) mass is 274 g/mol.